The van der Waals surface area contributed by atoms with Crippen molar-refractivity contribution in [3.05, 3.63) is 83.4 Å². The number of carbonyl (C=O) groups excluding carboxylic acids is 1. The first-order valence-corrected chi connectivity index (χ1v) is 16.0. The van der Waals surface area contributed by atoms with Gasteiger partial charge in [0.15, 0.2) is 0 Å². The lowest BCUT2D eigenvalue weighted by atomic mass is 10.0. The summed E-state index contributed by atoms with van der Waals surface area (Å²) < 4.78 is 60.0. The highest BCUT2D eigenvalue weighted by atomic mass is 35.5. The van der Waals surface area contributed by atoms with Crippen LogP contribution in [-0.2, 0) is 16.6 Å². The number of hydrogen-bond acceptors (Lipinski definition) is 6. The van der Waals surface area contributed by atoms with Crippen molar-refractivity contribution in [2.45, 2.75) is 45.2 Å². The number of rotatable bonds is 11. The maximum atomic E-state index is 14.7. The Labute approximate surface area is 263 Å². The van der Waals surface area contributed by atoms with Crippen molar-refractivity contribution in [3.63, 3.8) is 0 Å². The largest absolute Gasteiger partial charge is 0.457 e. The van der Waals surface area contributed by atoms with Gasteiger partial charge in [0, 0.05) is 44.0 Å². The Balaban J connectivity index is 0.00000529. The van der Waals surface area contributed by atoms with Gasteiger partial charge in [-0.25, -0.2) is 22.0 Å². The lowest BCUT2D eigenvalue weighted by molar-refractivity contribution is 0.188. The minimum Gasteiger partial charge on any atom is -0.457 e. The minimum absolute atomic E-state index is 0. The Morgan fingerprint density at radius 2 is 1.66 bits per heavy atom. The average Bonchev–Trinajstić information content (AvgIpc) is 2.97. The van der Waals surface area contributed by atoms with Gasteiger partial charge in [-0.2, -0.15) is 5.26 Å². The number of halogens is 3. The molecule has 0 spiro atoms. The zero-order valence-electron chi connectivity index (χ0n) is 24.6. The Kier molecular flexibility index (Phi) is 12.3. The number of sulfonamides is 1. The molecule has 0 atom stereocenters. The molecule has 0 bridgehead atoms. The summed E-state index contributed by atoms with van der Waals surface area (Å²) in [5.41, 5.74) is 0.987. The quantitative estimate of drug-likeness (QED) is 0.249. The fourth-order valence-electron chi connectivity index (χ4n) is 4.83. The molecule has 3 aromatic rings. The summed E-state index contributed by atoms with van der Waals surface area (Å²) in [6.45, 7) is 4.42. The number of hydrogen-bond donors (Lipinski definition) is 2. The van der Waals surface area contributed by atoms with Crippen LogP contribution in [0.25, 0.3) is 0 Å². The molecule has 4 rings (SSSR count). The number of piperidine rings is 1. The van der Waals surface area contributed by atoms with Crippen LogP contribution >= 0.6 is 12.4 Å². The summed E-state index contributed by atoms with van der Waals surface area (Å²) >= 11 is 0. The number of nitriles is 1. The Morgan fingerprint density at radius 3 is 2.23 bits per heavy atom. The van der Waals surface area contributed by atoms with Gasteiger partial charge in [0.25, 0.3) is 0 Å². The van der Waals surface area contributed by atoms with Crippen LogP contribution in [0.1, 0.15) is 43.7 Å². The lowest BCUT2D eigenvalue weighted by Gasteiger charge is -2.34. The highest BCUT2D eigenvalue weighted by molar-refractivity contribution is 7.92. The summed E-state index contributed by atoms with van der Waals surface area (Å²) in [6.07, 6.45) is 3.90. The third-order valence-electron chi connectivity index (χ3n) is 7.07. The Morgan fingerprint density at radius 1 is 1.05 bits per heavy atom. The molecule has 2 N–H and O–H groups in total. The average molecular weight is 648 g/mol. The van der Waals surface area contributed by atoms with E-state index in [2.05, 4.69) is 14.9 Å². The van der Waals surface area contributed by atoms with E-state index < -0.39 is 33.3 Å². The first kappa shape index (κ1) is 34.6. The minimum atomic E-state index is -3.34. The molecule has 236 valence electrons. The zero-order chi connectivity index (χ0) is 31.0. The van der Waals surface area contributed by atoms with Crippen molar-refractivity contribution in [2.75, 3.05) is 35.5 Å². The molecule has 1 saturated heterocycles. The van der Waals surface area contributed by atoms with Crippen molar-refractivity contribution >= 4 is 39.8 Å². The van der Waals surface area contributed by atoms with Gasteiger partial charge >= 0.3 is 6.03 Å². The summed E-state index contributed by atoms with van der Waals surface area (Å²) in [6, 6.07) is 17.1. The standard InChI is InChI=1S/C31H35F2N5O4S.ClH/c1-3-4-15-38(30-19-28(32)23(20-34)18-29(30)33)31(39)35-24-13-16-37(17-14-24)21-22-5-9-26(10-6-22)42-27-11-7-25(8-12-27)36-43(2,40)41;/h5-12,18-19,24,36H,3-4,13-17,21H2,1-2H3,(H,35,39);1H. The smallest absolute Gasteiger partial charge is 0.322 e. The third kappa shape index (κ3) is 9.80. The van der Waals surface area contributed by atoms with Gasteiger partial charge in [-0.1, -0.05) is 25.5 Å². The molecular weight excluding hydrogens is 612 g/mol. The molecule has 0 aromatic heterocycles. The van der Waals surface area contributed by atoms with Crippen LogP contribution in [0.4, 0.5) is 25.0 Å². The first-order chi connectivity index (χ1) is 20.5. The van der Waals surface area contributed by atoms with E-state index >= 15 is 0 Å². The molecule has 13 heteroatoms. The highest BCUT2D eigenvalue weighted by Crippen LogP contribution is 2.26. The number of carbonyl (C=O) groups is 1. The fourth-order valence-corrected chi connectivity index (χ4v) is 5.39. The van der Waals surface area contributed by atoms with Gasteiger partial charge in [0.2, 0.25) is 10.0 Å². The van der Waals surface area contributed by atoms with Crippen molar-refractivity contribution in [2.24, 2.45) is 0 Å². The van der Waals surface area contributed by atoms with Crippen LogP contribution in [0.15, 0.2) is 60.7 Å². The predicted molar refractivity (Wildman–Crippen MR) is 169 cm³/mol. The predicted octanol–water partition coefficient (Wildman–Crippen LogP) is 6.40. The molecule has 2 amide bonds. The molecule has 1 fully saturated rings. The van der Waals surface area contributed by atoms with Gasteiger partial charge in [0.1, 0.15) is 29.2 Å². The van der Waals surface area contributed by atoms with Crippen LogP contribution in [-0.4, -0.2) is 51.3 Å². The molecule has 0 aliphatic carbocycles. The topological polar surface area (TPSA) is 115 Å². The Bertz CT molecular complexity index is 1560. The number of nitrogens with one attached hydrogen (secondary N) is 2. The second kappa shape index (κ2) is 15.7. The maximum absolute atomic E-state index is 14.7. The fraction of sp³-hybridized carbons (Fsp3) is 0.355. The lowest BCUT2D eigenvalue weighted by Crippen LogP contribution is -2.49. The second-order valence-electron chi connectivity index (χ2n) is 10.5. The summed E-state index contributed by atoms with van der Waals surface area (Å²) in [7, 11) is -3.34. The van der Waals surface area contributed by atoms with Crippen LogP contribution in [0.2, 0.25) is 0 Å². The van der Waals surface area contributed by atoms with Gasteiger partial charge in [-0.15, -0.1) is 12.4 Å². The van der Waals surface area contributed by atoms with E-state index in [-0.39, 0.29) is 30.7 Å². The van der Waals surface area contributed by atoms with Crippen molar-refractivity contribution in [1.29, 1.82) is 5.26 Å². The van der Waals surface area contributed by atoms with Gasteiger partial charge in [-0.05, 0) is 67.3 Å². The third-order valence-corrected chi connectivity index (χ3v) is 7.67. The number of unbranched alkanes of at least 4 members (excludes halogenated alkanes) is 1. The molecule has 0 unspecified atom stereocenters. The van der Waals surface area contributed by atoms with Gasteiger partial charge in [0.05, 0.1) is 17.5 Å². The number of anilines is 2. The van der Waals surface area contributed by atoms with Gasteiger partial charge in [-0.3, -0.25) is 14.5 Å². The van der Waals surface area contributed by atoms with Crippen molar-refractivity contribution in [1.82, 2.24) is 10.2 Å². The van der Waals surface area contributed by atoms with Crippen LogP contribution < -0.4 is 19.7 Å². The maximum Gasteiger partial charge on any atom is 0.322 e. The summed E-state index contributed by atoms with van der Waals surface area (Å²) in [4.78, 5) is 16.7. The molecular formula is C31H36ClF2N5O4S. The molecule has 1 aliphatic rings. The van der Waals surface area contributed by atoms with E-state index in [1.807, 2.05) is 31.2 Å². The zero-order valence-corrected chi connectivity index (χ0v) is 26.2. The van der Waals surface area contributed by atoms with E-state index in [9.17, 15) is 22.0 Å². The van der Waals surface area contributed by atoms with E-state index in [1.54, 1.807) is 30.3 Å². The molecule has 0 radical (unpaired) electrons. The molecule has 9 nitrogen and oxygen atoms in total. The number of urea groups is 1. The van der Waals surface area contributed by atoms with Crippen LogP contribution in [0.5, 0.6) is 11.5 Å². The number of amides is 2. The molecule has 0 saturated carbocycles. The van der Waals surface area contributed by atoms with Gasteiger partial charge < -0.3 is 10.1 Å². The highest BCUT2D eigenvalue weighted by Gasteiger charge is 2.26. The molecule has 1 heterocycles. The number of likely N-dealkylation sites (tertiary alicyclic amines) is 1. The number of nitrogens with zero attached hydrogens (tertiary/aromatic N) is 3. The van der Waals surface area contributed by atoms with Crippen LogP contribution in [0.3, 0.4) is 0 Å². The van der Waals surface area contributed by atoms with E-state index in [4.69, 9.17) is 10.00 Å². The summed E-state index contributed by atoms with van der Waals surface area (Å²) in [5.74, 6) is -0.439. The number of benzene rings is 3. The normalized spacial score (nSPS) is 13.8. The first-order valence-electron chi connectivity index (χ1n) is 14.1. The monoisotopic (exact) mass is 647 g/mol. The van der Waals surface area contributed by atoms with E-state index in [0.29, 0.717) is 36.4 Å². The second-order valence-corrected chi connectivity index (χ2v) is 12.3. The summed E-state index contributed by atoms with van der Waals surface area (Å²) in [5, 5.41) is 12.0. The SMILES string of the molecule is CCCCN(C(=O)NC1CCN(Cc2ccc(Oc3ccc(NS(C)(=O)=O)cc3)cc2)CC1)c1cc(F)c(C#N)cc1F.Cl. The van der Waals surface area contributed by atoms with Crippen LogP contribution in [0, 0.1) is 23.0 Å². The van der Waals surface area contributed by atoms with E-state index in [0.717, 1.165) is 50.0 Å². The molecule has 3 aromatic carbocycles. The molecule has 44 heavy (non-hydrogen) atoms. The Hall–Kier alpha value is -3.92. The van der Waals surface area contributed by atoms with Crippen molar-refractivity contribution < 1.29 is 26.7 Å². The number of ether oxygens (including phenoxy) is 1. The van der Waals surface area contributed by atoms with Crippen molar-refractivity contribution in [3.8, 4) is 17.6 Å². The molecule has 1 aliphatic heterocycles. The van der Waals surface area contributed by atoms with E-state index in [1.165, 1.54) is 4.90 Å².